The first-order valence-corrected chi connectivity index (χ1v) is 4.76. The van der Waals surface area contributed by atoms with Crippen LogP contribution in [-0.2, 0) is 11.2 Å². The lowest BCUT2D eigenvalue weighted by molar-refractivity contribution is -0.136. The van der Waals surface area contributed by atoms with Gasteiger partial charge in [-0.15, -0.1) is 0 Å². The van der Waals surface area contributed by atoms with Crippen molar-refractivity contribution in [3.05, 3.63) is 22.2 Å². The molecular weight excluding hydrogens is 220 g/mol. The SMILES string of the molecule is Cc1c(CC(=O)O)c(Cl)cc2c1OCO2. The normalized spacial score (nSPS) is 12.9. The molecule has 1 aliphatic rings. The Kier molecular flexibility index (Phi) is 2.44. The highest BCUT2D eigenvalue weighted by molar-refractivity contribution is 6.31. The van der Waals surface area contributed by atoms with Crippen molar-refractivity contribution in [2.24, 2.45) is 0 Å². The minimum absolute atomic E-state index is 0.110. The van der Waals surface area contributed by atoms with E-state index in [1.165, 1.54) is 0 Å². The Balaban J connectivity index is 2.51. The van der Waals surface area contributed by atoms with Gasteiger partial charge in [0.1, 0.15) is 0 Å². The van der Waals surface area contributed by atoms with Crippen LogP contribution in [0.2, 0.25) is 5.02 Å². The van der Waals surface area contributed by atoms with Gasteiger partial charge < -0.3 is 14.6 Å². The summed E-state index contributed by atoms with van der Waals surface area (Å²) in [5.74, 6) is 0.251. The van der Waals surface area contributed by atoms with Crippen LogP contribution in [0, 0.1) is 6.92 Å². The molecular formula is C10H9ClO4. The van der Waals surface area contributed by atoms with Crippen molar-refractivity contribution in [1.29, 1.82) is 0 Å². The predicted octanol–water partition coefficient (Wildman–Crippen LogP) is 2.00. The van der Waals surface area contributed by atoms with E-state index in [1.54, 1.807) is 13.0 Å². The number of hydrogen-bond acceptors (Lipinski definition) is 3. The third-order valence-electron chi connectivity index (χ3n) is 2.31. The molecule has 1 aliphatic heterocycles. The standard InChI is InChI=1S/C10H9ClO4/c1-5-6(2-9(12)13)7(11)3-8-10(5)15-4-14-8/h3H,2,4H2,1H3,(H,12,13). The van der Waals surface area contributed by atoms with Crippen molar-refractivity contribution in [3.8, 4) is 11.5 Å². The lowest BCUT2D eigenvalue weighted by Gasteiger charge is -2.08. The summed E-state index contributed by atoms with van der Waals surface area (Å²) in [6.07, 6.45) is -0.110. The lowest BCUT2D eigenvalue weighted by atomic mass is 10.0. The Hall–Kier alpha value is -1.42. The van der Waals surface area contributed by atoms with Crippen molar-refractivity contribution >= 4 is 17.6 Å². The largest absolute Gasteiger partial charge is 0.481 e. The monoisotopic (exact) mass is 228 g/mol. The van der Waals surface area contributed by atoms with Crippen LogP contribution in [-0.4, -0.2) is 17.9 Å². The van der Waals surface area contributed by atoms with Crippen LogP contribution in [0.3, 0.4) is 0 Å². The fraction of sp³-hybridized carbons (Fsp3) is 0.300. The highest BCUT2D eigenvalue weighted by Gasteiger charge is 2.22. The topological polar surface area (TPSA) is 55.8 Å². The molecule has 0 radical (unpaired) electrons. The molecule has 0 bridgehead atoms. The summed E-state index contributed by atoms with van der Waals surface area (Å²) in [6, 6.07) is 1.59. The first-order valence-electron chi connectivity index (χ1n) is 4.39. The Morgan fingerprint density at radius 2 is 2.33 bits per heavy atom. The quantitative estimate of drug-likeness (QED) is 0.841. The van der Waals surface area contributed by atoms with E-state index in [2.05, 4.69) is 0 Å². The van der Waals surface area contributed by atoms with Gasteiger partial charge in [-0.2, -0.15) is 0 Å². The molecule has 0 fully saturated rings. The van der Waals surface area contributed by atoms with Crippen molar-refractivity contribution in [2.75, 3.05) is 6.79 Å². The van der Waals surface area contributed by atoms with Crippen molar-refractivity contribution < 1.29 is 19.4 Å². The number of carboxylic acid groups (broad SMARTS) is 1. The molecule has 0 atom stereocenters. The lowest BCUT2D eigenvalue weighted by Crippen LogP contribution is -2.03. The van der Waals surface area contributed by atoms with E-state index in [1.807, 2.05) is 0 Å². The maximum Gasteiger partial charge on any atom is 0.307 e. The second kappa shape index (κ2) is 3.62. The fourth-order valence-electron chi connectivity index (χ4n) is 1.58. The first kappa shape index (κ1) is 10.1. The van der Waals surface area contributed by atoms with Crippen LogP contribution in [0.15, 0.2) is 6.07 Å². The van der Waals surface area contributed by atoms with E-state index in [9.17, 15) is 4.79 Å². The molecule has 80 valence electrons. The molecule has 5 heteroatoms. The molecule has 0 unspecified atom stereocenters. The summed E-state index contributed by atoms with van der Waals surface area (Å²) in [7, 11) is 0. The van der Waals surface area contributed by atoms with Gasteiger partial charge in [0.15, 0.2) is 11.5 Å². The highest BCUT2D eigenvalue weighted by atomic mass is 35.5. The van der Waals surface area contributed by atoms with Crippen LogP contribution in [0.5, 0.6) is 11.5 Å². The fourth-order valence-corrected chi connectivity index (χ4v) is 1.88. The molecule has 0 spiro atoms. The molecule has 2 rings (SSSR count). The highest BCUT2D eigenvalue weighted by Crippen LogP contribution is 2.40. The van der Waals surface area contributed by atoms with Crippen molar-refractivity contribution in [2.45, 2.75) is 13.3 Å². The van der Waals surface area contributed by atoms with E-state index in [0.717, 1.165) is 5.56 Å². The van der Waals surface area contributed by atoms with Crippen LogP contribution in [0.4, 0.5) is 0 Å². The summed E-state index contributed by atoms with van der Waals surface area (Å²) >= 11 is 5.96. The number of rotatable bonds is 2. The Bertz CT molecular complexity index is 428. The zero-order chi connectivity index (χ0) is 11.0. The van der Waals surface area contributed by atoms with Gasteiger partial charge >= 0.3 is 5.97 Å². The number of carbonyl (C=O) groups is 1. The van der Waals surface area contributed by atoms with Crippen LogP contribution >= 0.6 is 11.6 Å². The summed E-state index contributed by atoms with van der Waals surface area (Å²) in [5, 5.41) is 9.14. The Morgan fingerprint density at radius 3 is 3.00 bits per heavy atom. The molecule has 0 saturated carbocycles. The number of carboxylic acids is 1. The molecule has 1 aromatic rings. The van der Waals surface area contributed by atoms with Gasteiger partial charge in [0.2, 0.25) is 6.79 Å². The third-order valence-corrected chi connectivity index (χ3v) is 2.65. The molecule has 0 aliphatic carbocycles. The van der Waals surface area contributed by atoms with E-state index in [-0.39, 0.29) is 13.2 Å². The minimum Gasteiger partial charge on any atom is -0.481 e. The zero-order valence-corrected chi connectivity index (χ0v) is 8.80. The van der Waals surface area contributed by atoms with E-state index < -0.39 is 5.97 Å². The van der Waals surface area contributed by atoms with Crippen LogP contribution in [0.25, 0.3) is 0 Å². The van der Waals surface area contributed by atoms with Gasteiger partial charge in [0, 0.05) is 16.7 Å². The van der Waals surface area contributed by atoms with Gasteiger partial charge in [-0.05, 0) is 12.5 Å². The summed E-state index contributed by atoms with van der Waals surface area (Å²) in [4.78, 5) is 10.6. The number of hydrogen-bond donors (Lipinski definition) is 1. The van der Waals surface area contributed by atoms with Crippen LogP contribution in [0.1, 0.15) is 11.1 Å². The molecule has 0 amide bonds. The third kappa shape index (κ3) is 1.72. The smallest absolute Gasteiger partial charge is 0.307 e. The molecule has 1 N–H and O–H groups in total. The second-order valence-corrected chi connectivity index (χ2v) is 3.67. The van der Waals surface area contributed by atoms with Gasteiger partial charge in [0.25, 0.3) is 0 Å². The van der Waals surface area contributed by atoms with Gasteiger partial charge in [-0.25, -0.2) is 0 Å². The first-order chi connectivity index (χ1) is 7.09. The maximum atomic E-state index is 10.6. The van der Waals surface area contributed by atoms with E-state index in [0.29, 0.717) is 22.1 Å². The van der Waals surface area contributed by atoms with Gasteiger partial charge in [0.05, 0.1) is 6.42 Å². The number of aliphatic carboxylic acids is 1. The molecule has 1 heterocycles. The van der Waals surface area contributed by atoms with Gasteiger partial charge in [-0.3, -0.25) is 4.79 Å². The van der Waals surface area contributed by atoms with E-state index >= 15 is 0 Å². The summed E-state index contributed by atoms with van der Waals surface area (Å²) in [5.41, 5.74) is 1.31. The maximum absolute atomic E-state index is 10.6. The zero-order valence-electron chi connectivity index (χ0n) is 8.04. The Morgan fingerprint density at radius 1 is 1.60 bits per heavy atom. The minimum atomic E-state index is -0.918. The number of halogens is 1. The van der Waals surface area contributed by atoms with Crippen LogP contribution < -0.4 is 9.47 Å². The average Bonchev–Trinajstić information content (AvgIpc) is 2.59. The number of fused-ring (bicyclic) bond motifs is 1. The second-order valence-electron chi connectivity index (χ2n) is 3.27. The number of benzene rings is 1. The number of ether oxygens (including phenoxy) is 2. The molecule has 4 nitrogen and oxygen atoms in total. The summed E-state index contributed by atoms with van der Waals surface area (Å²) in [6.45, 7) is 1.93. The molecule has 0 saturated heterocycles. The van der Waals surface area contributed by atoms with Gasteiger partial charge in [-0.1, -0.05) is 11.6 Å². The van der Waals surface area contributed by atoms with Crippen molar-refractivity contribution in [1.82, 2.24) is 0 Å². The average molecular weight is 229 g/mol. The Labute approximate surface area is 91.4 Å². The molecule has 15 heavy (non-hydrogen) atoms. The molecule has 0 aromatic heterocycles. The molecule has 1 aromatic carbocycles. The van der Waals surface area contributed by atoms with E-state index in [4.69, 9.17) is 26.2 Å². The predicted molar refractivity (Wildman–Crippen MR) is 53.7 cm³/mol. The van der Waals surface area contributed by atoms with Crippen molar-refractivity contribution in [3.63, 3.8) is 0 Å². The summed E-state index contributed by atoms with van der Waals surface area (Å²) < 4.78 is 10.4.